The number of hydrogen-bond donors (Lipinski definition) is 1. The predicted octanol–water partition coefficient (Wildman–Crippen LogP) is 7.88. The van der Waals surface area contributed by atoms with Gasteiger partial charge in [-0.3, -0.25) is 0 Å². The summed E-state index contributed by atoms with van der Waals surface area (Å²) in [7, 11) is -12.1. The van der Waals surface area contributed by atoms with Crippen LogP contribution in [0.25, 0.3) is 0 Å². The molecule has 0 fully saturated rings. The lowest BCUT2D eigenvalue weighted by Crippen LogP contribution is -2.09. The van der Waals surface area contributed by atoms with E-state index in [-0.39, 0.29) is 5.69 Å². The van der Waals surface area contributed by atoms with Gasteiger partial charge in [0.1, 0.15) is 12.0 Å². The third-order valence-electron chi connectivity index (χ3n) is 4.02. The highest BCUT2D eigenvalue weighted by molar-refractivity contribution is 9.10. The molecule has 0 unspecified atom stereocenters. The molecule has 2 aromatic carbocycles. The Kier molecular flexibility index (Phi) is 5.10. The first-order valence-electron chi connectivity index (χ1n) is 7.68. The fourth-order valence-corrected chi connectivity index (χ4v) is 5.59. The standard InChI is InChI=1S/C16H18BrF5NOPS/c1-3-25(24,4-2)13-7-10-16(15(17)11-13)23-12-5-8-14(9-6-12)26(18,19,20,21)22/h5-11,23H,3-4H2,1-2H3. The highest BCUT2D eigenvalue weighted by atomic mass is 79.9. The minimum Gasteiger partial charge on any atom is -0.355 e. The van der Waals surface area contributed by atoms with Crippen LogP contribution in [0.3, 0.4) is 0 Å². The molecule has 0 amide bonds. The minimum absolute atomic E-state index is 0.221. The van der Waals surface area contributed by atoms with E-state index in [1.54, 1.807) is 18.2 Å². The van der Waals surface area contributed by atoms with Crippen molar-refractivity contribution in [3.63, 3.8) is 0 Å². The van der Waals surface area contributed by atoms with Crippen molar-refractivity contribution in [1.29, 1.82) is 0 Å². The van der Waals surface area contributed by atoms with Gasteiger partial charge in [-0.1, -0.05) is 33.3 Å². The Hall–Kier alpha value is -1.05. The monoisotopic (exact) mass is 477 g/mol. The summed E-state index contributed by atoms with van der Waals surface area (Å²) in [5.74, 6) is 0. The first kappa shape index (κ1) is 21.3. The molecule has 0 saturated heterocycles. The molecular formula is C16H18BrF5NOPS. The van der Waals surface area contributed by atoms with Gasteiger partial charge in [-0.05, 0) is 58.4 Å². The van der Waals surface area contributed by atoms with E-state index in [0.717, 1.165) is 12.1 Å². The SMILES string of the molecule is CCP(=O)(CC)c1ccc(Nc2ccc(S(F)(F)(F)(F)F)cc2)c(Br)c1. The zero-order valence-electron chi connectivity index (χ0n) is 14.0. The molecule has 1 N–H and O–H groups in total. The van der Waals surface area contributed by atoms with Crippen LogP contribution in [0.2, 0.25) is 0 Å². The third kappa shape index (κ3) is 4.81. The van der Waals surface area contributed by atoms with Gasteiger partial charge < -0.3 is 9.88 Å². The highest BCUT2D eigenvalue weighted by Crippen LogP contribution is 3.02. The summed E-state index contributed by atoms with van der Waals surface area (Å²) in [6.45, 7) is 3.70. The van der Waals surface area contributed by atoms with Crippen molar-refractivity contribution in [2.24, 2.45) is 0 Å². The van der Waals surface area contributed by atoms with E-state index in [9.17, 15) is 24.0 Å². The quantitative estimate of drug-likeness (QED) is 0.338. The normalized spacial score (nSPS) is 15.2. The number of hydrogen-bond acceptors (Lipinski definition) is 2. The lowest BCUT2D eigenvalue weighted by atomic mass is 10.2. The molecular weight excluding hydrogens is 460 g/mol. The van der Waals surface area contributed by atoms with Crippen molar-refractivity contribution in [2.75, 3.05) is 17.6 Å². The fraction of sp³-hybridized carbons (Fsp3) is 0.250. The zero-order valence-corrected chi connectivity index (χ0v) is 17.3. The van der Waals surface area contributed by atoms with E-state index in [1.165, 1.54) is 0 Å². The van der Waals surface area contributed by atoms with Gasteiger partial charge in [-0.2, -0.15) is 0 Å². The first-order valence-corrected chi connectivity index (χ1v) is 12.5. The van der Waals surface area contributed by atoms with Gasteiger partial charge in [0.2, 0.25) is 0 Å². The summed E-state index contributed by atoms with van der Waals surface area (Å²) < 4.78 is 77.0. The van der Waals surface area contributed by atoms with Crippen molar-refractivity contribution in [1.82, 2.24) is 0 Å². The highest BCUT2D eigenvalue weighted by Gasteiger charge is 2.65. The molecule has 0 aromatic heterocycles. The number of anilines is 2. The number of rotatable bonds is 6. The molecule has 0 radical (unpaired) electrons. The summed E-state index contributed by atoms with van der Waals surface area (Å²) in [6, 6.07) is 7.65. The smallest absolute Gasteiger partial charge is 0.310 e. The zero-order chi connectivity index (χ0) is 19.9. The van der Waals surface area contributed by atoms with Crippen LogP contribution in [-0.4, -0.2) is 12.3 Å². The van der Waals surface area contributed by atoms with Crippen molar-refractivity contribution in [3.8, 4) is 0 Å². The van der Waals surface area contributed by atoms with Crippen molar-refractivity contribution >= 4 is 50.0 Å². The Labute approximate surface area is 157 Å². The van der Waals surface area contributed by atoms with Gasteiger partial charge in [0.15, 0.2) is 0 Å². The molecule has 26 heavy (non-hydrogen) atoms. The van der Waals surface area contributed by atoms with Crippen LogP contribution in [0, 0.1) is 0 Å². The minimum atomic E-state index is -9.67. The summed E-state index contributed by atoms with van der Waals surface area (Å²) in [4.78, 5) is -1.93. The maximum atomic E-state index is 12.8. The Morgan fingerprint density at radius 2 is 1.50 bits per heavy atom. The van der Waals surface area contributed by atoms with E-state index in [0.29, 0.717) is 39.9 Å². The molecule has 10 heteroatoms. The number of nitrogens with one attached hydrogen (secondary N) is 1. The predicted molar refractivity (Wildman–Crippen MR) is 104 cm³/mol. The van der Waals surface area contributed by atoms with E-state index in [1.807, 2.05) is 13.8 Å². The largest absolute Gasteiger partial charge is 0.355 e. The molecule has 0 aliphatic carbocycles. The molecule has 0 heterocycles. The second-order valence-electron chi connectivity index (χ2n) is 5.80. The third-order valence-corrected chi connectivity index (χ3v) is 9.11. The Bertz CT molecular complexity index is 863. The van der Waals surface area contributed by atoms with Gasteiger partial charge in [-0.25, -0.2) is 0 Å². The summed E-state index contributed by atoms with van der Waals surface area (Å²) in [6.07, 6.45) is 1.05. The topological polar surface area (TPSA) is 29.1 Å². The van der Waals surface area contributed by atoms with E-state index < -0.39 is 22.3 Å². The number of halogens is 6. The Morgan fingerprint density at radius 1 is 0.962 bits per heavy atom. The van der Waals surface area contributed by atoms with Crippen LogP contribution in [0.4, 0.5) is 30.8 Å². The van der Waals surface area contributed by atoms with Crippen LogP contribution in [-0.2, 0) is 4.57 Å². The van der Waals surface area contributed by atoms with E-state index in [4.69, 9.17) is 0 Å². The van der Waals surface area contributed by atoms with Crippen molar-refractivity contribution < 1.29 is 24.0 Å². The summed E-state index contributed by atoms with van der Waals surface area (Å²) in [5.41, 5.74) is 0.741. The molecule has 0 spiro atoms. The fourth-order valence-electron chi connectivity index (χ4n) is 2.40. The Morgan fingerprint density at radius 3 is 1.92 bits per heavy atom. The molecule has 2 aromatic rings. The summed E-state index contributed by atoms with van der Waals surface area (Å²) >= 11 is 3.34. The second kappa shape index (κ2) is 6.24. The second-order valence-corrected chi connectivity index (χ2v) is 12.6. The van der Waals surface area contributed by atoms with Crippen LogP contribution in [0.5, 0.6) is 0 Å². The molecule has 0 atom stereocenters. The van der Waals surface area contributed by atoms with Gasteiger partial charge >= 0.3 is 10.2 Å². The van der Waals surface area contributed by atoms with Gasteiger partial charge in [0.25, 0.3) is 0 Å². The maximum Gasteiger partial charge on any atom is 0.310 e. The molecule has 0 saturated carbocycles. The molecule has 0 bridgehead atoms. The molecule has 0 aliphatic rings. The lowest BCUT2D eigenvalue weighted by Gasteiger charge is -2.40. The Balaban J connectivity index is 2.29. The molecule has 146 valence electrons. The molecule has 2 nitrogen and oxygen atoms in total. The number of benzene rings is 2. The van der Waals surface area contributed by atoms with Crippen LogP contribution in [0.1, 0.15) is 13.8 Å². The first-order chi connectivity index (χ1) is 11.7. The van der Waals surface area contributed by atoms with Gasteiger partial charge in [0.05, 0.1) is 5.69 Å². The maximum absolute atomic E-state index is 12.8. The van der Waals surface area contributed by atoms with Crippen molar-refractivity contribution in [3.05, 3.63) is 46.9 Å². The lowest BCUT2D eigenvalue weighted by molar-refractivity contribution is 0.364. The average Bonchev–Trinajstić information content (AvgIpc) is 2.54. The van der Waals surface area contributed by atoms with E-state index >= 15 is 0 Å². The van der Waals surface area contributed by atoms with Crippen LogP contribution < -0.4 is 10.6 Å². The average molecular weight is 478 g/mol. The molecule has 2 rings (SSSR count). The molecule has 0 aliphatic heterocycles. The van der Waals surface area contributed by atoms with Crippen molar-refractivity contribution in [2.45, 2.75) is 18.7 Å². The van der Waals surface area contributed by atoms with Crippen LogP contribution in [0.15, 0.2) is 51.8 Å². The van der Waals surface area contributed by atoms with Gasteiger partial charge in [-0.15, -0.1) is 0 Å². The van der Waals surface area contributed by atoms with Crippen LogP contribution >= 0.6 is 33.3 Å². The summed E-state index contributed by atoms with van der Waals surface area (Å²) in [5, 5.41) is 3.56. The van der Waals surface area contributed by atoms with Gasteiger partial charge in [0, 0.05) is 27.8 Å². The van der Waals surface area contributed by atoms with E-state index in [2.05, 4.69) is 21.2 Å².